The minimum atomic E-state index is 0. The van der Waals surface area contributed by atoms with Gasteiger partial charge in [-0.3, -0.25) is 0 Å². The van der Waals surface area contributed by atoms with Crippen LogP contribution in [-0.2, 0) is 0 Å². The van der Waals surface area contributed by atoms with Gasteiger partial charge in [0.25, 0.3) is 0 Å². The van der Waals surface area contributed by atoms with Gasteiger partial charge in [0.1, 0.15) is 5.75 Å². The summed E-state index contributed by atoms with van der Waals surface area (Å²) in [4.78, 5) is 0. The monoisotopic (exact) mass is 217 g/mol. The van der Waals surface area contributed by atoms with E-state index in [0.29, 0.717) is 0 Å². The molecule has 0 N–H and O–H groups in total. The van der Waals surface area contributed by atoms with Gasteiger partial charge in [0, 0.05) is 22.7 Å². The van der Waals surface area contributed by atoms with Crippen LogP contribution in [-0.4, -0.2) is 24.0 Å². The van der Waals surface area contributed by atoms with Crippen LogP contribution in [0.3, 0.4) is 0 Å². The Labute approximate surface area is 92.6 Å². The summed E-state index contributed by atoms with van der Waals surface area (Å²) in [6.45, 7) is 2.71. The van der Waals surface area contributed by atoms with Crippen molar-refractivity contribution in [2.45, 2.75) is 6.92 Å². The number of para-hydroxylation sites is 1. The number of benzene rings is 1. The molecule has 0 fully saturated rings. The minimum absolute atomic E-state index is 0. The molecule has 12 heavy (non-hydrogen) atoms. The summed E-state index contributed by atoms with van der Waals surface area (Å²) in [5, 5.41) is 1.12. The van der Waals surface area contributed by atoms with Gasteiger partial charge in [-0.1, -0.05) is 18.2 Å². The zero-order chi connectivity index (χ0) is 7.40. The average molecular weight is 218 g/mol. The van der Waals surface area contributed by atoms with Crippen molar-refractivity contribution in [2.75, 3.05) is 6.61 Å². The van der Waals surface area contributed by atoms with Crippen molar-refractivity contribution in [3.63, 3.8) is 0 Å². The summed E-state index contributed by atoms with van der Waals surface area (Å²) >= 11 is 0. The molecule has 0 aliphatic heterocycles. The van der Waals surface area contributed by atoms with E-state index >= 15 is 0 Å². The molecule has 0 aliphatic rings. The first kappa shape index (κ1) is 14.8. The fraction of sp³-hybridized carbons (Fsp3) is 0.250. The first-order chi connectivity index (χ1) is 4.84. The van der Waals surface area contributed by atoms with E-state index in [1.807, 2.05) is 31.2 Å². The third-order valence-corrected chi connectivity index (χ3v) is 1.70. The Kier molecular flexibility index (Phi) is 9.73. The van der Waals surface area contributed by atoms with Crippen LogP contribution >= 0.6 is 21.6 Å². The Morgan fingerprint density at radius 2 is 1.92 bits per heavy atom. The lowest BCUT2D eigenvalue weighted by molar-refractivity contribution is 0.343. The molecule has 3 radical (unpaired) electrons. The van der Waals surface area contributed by atoms with Crippen LogP contribution in [0.2, 0.25) is 0 Å². The average Bonchev–Trinajstić information content (AvgIpc) is 1.94. The van der Waals surface area contributed by atoms with Crippen LogP contribution < -0.4 is 10.0 Å². The summed E-state index contributed by atoms with van der Waals surface area (Å²) < 4.78 is 5.32. The summed E-state index contributed by atoms with van der Waals surface area (Å²) in [5.41, 5.74) is 0. The Morgan fingerprint density at radius 3 is 2.42 bits per heavy atom. The van der Waals surface area contributed by atoms with E-state index in [1.165, 1.54) is 0 Å². The van der Waals surface area contributed by atoms with Crippen molar-refractivity contribution in [1.29, 1.82) is 0 Å². The lowest BCUT2D eigenvalue weighted by Gasteiger charge is -2.04. The highest BCUT2D eigenvalue weighted by Crippen LogP contribution is 2.08. The summed E-state index contributed by atoms with van der Waals surface area (Å²) in [7, 11) is 2.64. The van der Waals surface area contributed by atoms with Crippen molar-refractivity contribution in [2.24, 2.45) is 0 Å². The maximum Gasteiger partial charge on any atom is 0.126 e. The number of ether oxygens (including phenoxy) is 1. The van der Waals surface area contributed by atoms with E-state index in [2.05, 4.69) is 9.24 Å². The van der Waals surface area contributed by atoms with Crippen molar-refractivity contribution in [3.8, 4) is 5.75 Å². The molecule has 0 saturated carbocycles. The van der Waals surface area contributed by atoms with Gasteiger partial charge in [0.05, 0.1) is 6.61 Å². The van der Waals surface area contributed by atoms with Gasteiger partial charge >= 0.3 is 0 Å². The highest BCUT2D eigenvalue weighted by atomic mass is 35.5. The first-order valence-electron chi connectivity index (χ1n) is 3.32. The summed E-state index contributed by atoms with van der Waals surface area (Å²) in [6.07, 6.45) is 0. The van der Waals surface area contributed by atoms with Crippen molar-refractivity contribution >= 4 is 44.3 Å². The molecule has 1 nitrogen and oxygen atoms in total. The molecule has 0 saturated heterocycles. The Morgan fingerprint density at radius 1 is 1.33 bits per heavy atom. The molecule has 1 aromatic rings. The lowest BCUT2D eigenvalue weighted by Crippen LogP contribution is -2.00. The first-order valence-corrected chi connectivity index (χ1v) is 3.89. The molecule has 1 atom stereocenters. The molecule has 0 bridgehead atoms. The molecule has 0 aliphatic carbocycles. The Balaban J connectivity index is 0. The van der Waals surface area contributed by atoms with E-state index in [1.54, 1.807) is 0 Å². The van der Waals surface area contributed by atoms with E-state index in [9.17, 15) is 0 Å². The Hall–Kier alpha value is 0.272. The van der Waals surface area contributed by atoms with Gasteiger partial charge in [0.15, 0.2) is 0 Å². The van der Waals surface area contributed by atoms with Crippen LogP contribution in [0.15, 0.2) is 24.3 Å². The van der Waals surface area contributed by atoms with E-state index < -0.39 is 0 Å². The van der Waals surface area contributed by atoms with Crippen molar-refractivity contribution in [1.82, 2.24) is 0 Å². The SMILES string of the molecule is CCOc1ccccc1P.Cl.[Al]. The van der Waals surface area contributed by atoms with Gasteiger partial charge in [-0.2, -0.15) is 0 Å². The van der Waals surface area contributed by atoms with Gasteiger partial charge in [-0.25, -0.2) is 0 Å². The standard InChI is InChI=1S/C8H11OP.Al.ClH/c1-2-9-7-5-3-4-6-8(7)10;;/h3-6H,2,10H2,1H3;;1H. The van der Waals surface area contributed by atoms with Crippen LogP contribution in [0.1, 0.15) is 6.92 Å². The molecule has 1 aromatic carbocycles. The van der Waals surface area contributed by atoms with Gasteiger partial charge in [-0.05, 0) is 13.0 Å². The largest absolute Gasteiger partial charge is 0.493 e. The number of hydrogen-bond acceptors (Lipinski definition) is 1. The van der Waals surface area contributed by atoms with Gasteiger partial charge in [0.2, 0.25) is 0 Å². The number of halogens is 1. The minimum Gasteiger partial charge on any atom is -0.493 e. The van der Waals surface area contributed by atoms with Gasteiger partial charge in [-0.15, -0.1) is 21.6 Å². The van der Waals surface area contributed by atoms with Crippen LogP contribution in [0, 0.1) is 0 Å². The number of rotatable bonds is 2. The maximum atomic E-state index is 5.32. The second-order valence-corrected chi connectivity index (χ2v) is 2.59. The molecular formula is C8H12AlClOP. The molecule has 4 heteroatoms. The zero-order valence-electron chi connectivity index (χ0n) is 6.99. The molecule has 1 rings (SSSR count). The molecule has 0 amide bonds. The zero-order valence-corrected chi connectivity index (χ0v) is 10.1. The van der Waals surface area contributed by atoms with Crippen molar-refractivity contribution in [3.05, 3.63) is 24.3 Å². The third kappa shape index (κ3) is 4.34. The molecule has 0 spiro atoms. The van der Waals surface area contributed by atoms with Crippen LogP contribution in [0.4, 0.5) is 0 Å². The predicted octanol–water partition coefficient (Wildman–Crippen LogP) is 1.63. The van der Waals surface area contributed by atoms with E-state index in [0.717, 1.165) is 17.7 Å². The fourth-order valence-electron chi connectivity index (χ4n) is 0.767. The summed E-state index contributed by atoms with van der Waals surface area (Å²) in [5.74, 6) is 0.954. The quantitative estimate of drug-likeness (QED) is 0.541. The van der Waals surface area contributed by atoms with E-state index in [-0.39, 0.29) is 29.8 Å². The third-order valence-electron chi connectivity index (χ3n) is 1.22. The summed E-state index contributed by atoms with van der Waals surface area (Å²) in [6, 6.07) is 7.94. The smallest absolute Gasteiger partial charge is 0.126 e. The predicted molar refractivity (Wildman–Crippen MR) is 60.0 cm³/mol. The highest BCUT2D eigenvalue weighted by Gasteiger charge is 1.93. The highest BCUT2D eigenvalue weighted by molar-refractivity contribution is 7.27. The molecule has 0 heterocycles. The van der Waals surface area contributed by atoms with E-state index in [4.69, 9.17) is 4.74 Å². The number of hydrogen-bond donors (Lipinski definition) is 0. The van der Waals surface area contributed by atoms with Gasteiger partial charge < -0.3 is 4.74 Å². The maximum absolute atomic E-state index is 5.32. The molecule has 0 aromatic heterocycles. The second-order valence-electron chi connectivity index (χ2n) is 1.97. The molecular weight excluding hydrogens is 205 g/mol. The lowest BCUT2D eigenvalue weighted by atomic mass is 10.3. The molecule has 65 valence electrons. The van der Waals surface area contributed by atoms with Crippen molar-refractivity contribution < 1.29 is 4.74 Å². The Bertz CT molecular complexity index is 220. The normalized spacial score (nSPS) is 7.83. The fourth-order valence-corrected chi connectivity index (χ4v) is 1.06. The molecule has 1 unspecified atom stereocenters. The second kappa shape index (κ2) is 7.90. The van der Waals surface area contributed by atoms with Crippen LogP contribution in [0.25, 0.3) is 0 Å². The van der Waals surface area contributed by atoms with Crippen LogP contribution in [0.5, 0.6) is 5.75 Å². The topological polar surface area (TPSA) is 9.23 Å².